The summed E-state index contributed by atoms with van der Waals surface area (Å²) in [4.78, 5) is 23.0. The van der Waals surface area contributed by atoms with Gasteiger partial charge >= 0.3 is 12.4 Å². The Kier molecular flexibility index (Phi) is 15.4. The maximum absolute atomic E-state index is 13.7. The average molecular weight is 903 g/mol. The lowest BCUT2D eigenvalue weighted by Gasteiger charge is -2.13. The third kappa shape index (κ3) is 11.9. The van der Waals surface area contributed by atoms with E-state index in [1.807, 2.05) is 0 Å². The molecule has 2 heterocycles. The van der Waals surface area contributed by atoms with E-state index in [-0.39, 0.29) is 39.3 Å². The molecule has 0 bridgehead atoms. The van der Waals surface area contributed by atoms with Crippen LogP contribution in [0, 0.1) is 23.3 Å². The van der Waals surface area contributed by atoms with Crippen LogP contribution in [0.4, 0.5) is 55.3 Å². The van der Waals surface area contributed by atoms with Crippen molar-refractivity contribution in [1.29, 1.82) is 0 Å². The summed E-state index contributed by atoms with van der Waals surface area (Å²) in [7, 11) is 2.52. The summed E-state index contributed by atoms with van der Waals surface area (Å²) in [6.45, 7) is 0. The molecule has 0 fully saturated rings. The number of nitrogens with two attached hydrogens (primary N) is 1. The first-order chi connectivity index (χ1) is 26.5. The van der Waals surface area contributed by atoms with Crippen molar-refractivity contribution in [3.63, 3.8) is 0 Å². The highest BCUT2D eigenvalue weighted by atomic mass is 35.5. The van der Waals surface area contributed by atoms with E-state index in [0.29, 0.717) is 16.8 Å². The van der Waals surface area contributed by atoms with Gasteiger partial charge in [-0.15, -0.1) is 0 Å². The molecule has 1 amide bonds. The van der Waals surface area contributed by atoms with Gasteiger partial charge in [-0.3, -0.25) is 19.0 Å². The molecule has 0 saturated carbocycles. The number of carbonyl (C=O) groups excluding carboxylic acids is 2. The average Bonchev–Trinajstić information content (AvgIpc) is 3.73. The third-order valence-corrected chi connectivity index (χ3v) is 8.14. The van der Waals surface area contributed by atoms with Crippen LogP contribution in [0.3, 0.4) is 0 Å². The Morgan fingerprint density at radius 3 is 1.53 bits per heavy atom. The molecular formula is C36H23Cl4F10N6O2-. The molecule has 0 unspecified atom stereocenters. The van der Waals surface area contributed by atoms with Gasteiger partial charge in [-0.05, 0) is 83.4 Å². The first-order valence-electron chi connectivity index (χ1n) is 15.4. The van der Waals surface area contributed by atoms with E-state index in [0.717, 1.165) is 40.0 Å². The number of amides is 1. The molecule has 6 aromatic rings. The molecule has 4 aromatic carbocycles. The number of alkyl halides is 6. The van der Waals surface area contributed by atoms with Gasteiger partial charge in [-0.1, -0.05) is 35.3 Å². The van der Waals surface area contributed by atoms with Gasteiger partial charge in [0, 0.05) is 49.0 Å². The number of rotatable bonds is 5. The maximum Gasteiger partial charge on any atom is 0.435 e. The summed E-state index contributed by atoms with van der Waals surface area (Å²) in [5, 5.41) is 7.27. The first kappa shape index (κ1) is 47.1. The Morgan fingerprint density at radius 2 is 1.09 bits per heavy atom. The van der Waals surface area contributed by atoms with Crippen molar-refractivity contribution >= 4 is 57.3 Å². The number of carbonyl (C=O) groups is 2. The topological polar surface area (TPSA) is 108 Å². The monoisotopic (exact) mass is 901 g/mol. The lowest BCUT2D eigenvalue weighted by molar-refractivity contribution is -0.142. The van der Waals surface area contributed by atoms with Crippen LogP contribution in [-0.2, 0) is 26.4 Å². The van der Waals surface area contributed by atoms with E-state index in [1.54, 1.807) is 0 Å². The molecule has 8 nitrogen and oxygen atoms in total. The zero-order chi connectivity index (χ0) is 42.6. The third-order valence-electron chi connectivity index (χ3n) is 7.36. The number of hydrogen-bond donors (Lipinski definition) is 2. The summed E-state index contributed by atoms with van der Waals surface area (Å²) in [5.74, 6) is -3.35. The van der Waals surface area contributed by atoms with Crippen LogP contribution in [0.2, 0.25) is 10.0 Å². The lowest BCUT2D eigenvalue weighted by Crippen LogP contribution is -3.00. The van der Waals surface area contributed by atoms with Gasteiger partial charge in [0.2, 0.25) is 0 Å². The van der Waals surface area contributed by atoms with Gasteiger partial charge in [0.05, 0.1) is 21.2 Å². The van der Waals surface area contributed by atoms with Crippen LogP contribution in [0.15, 0.2) is 85.2 Å². The molecule has 0 atom stereocenters. The number of benzene rings is 4. The van der Waals surface area contributed by atoms with E-state index >= 15 is 0 Å². The fraction of sp³-hybridized carbons (Fsp3) is 0.111. The van der Waals surface area contributed by atoms with Gasteiger partial charge in [0.15, 0.2) is 11.4 Å². The molecular weight excluding hydrogens is 880 g/mol. The van der Waals surface area contributed by atoms with Crippen molar-refractivity contribution in [3.8, 4) is 22.3 Å². The Hall–Kier alpha value is -5.30. The highest BCUT2D eigenvalue weighted by Crippen LogP contribution is 2.35. The molecule has 0 spiro atoms. The standard InChI is InChI=1S/C18H11ClF5N3O.C12H8ClF2N.C6H4ClF3N2O.ClH/c1-27-8-12(16(26-27)18(22,23)24)17(28)25-15-5-3-10(20)7-11(15)9-2-4-14(21)13(19)6-9;13-10-5-7(1-3-11(10)15)9-6-8(14)2-4-12(9)16;1-12-2-3(5(7)13)4(11-12)6(8,9)10;/h2-8H,1H3,(H,25,28);1-6H,16H2;2H,1H3;1H/p-1. The van der Waals surface area contributed by atoms with Crippen molar-refractivity contribution in [2.45, 2.75) is 12.4 Å². The van der Waals surface area contributed by atoms with Crippen LogP contribution < -0.4 is 23.5 Å². The van der Waals surface area contributed by atoms with E-state index in [4.69, 9.17) is 40.5 Å². The van der Waals surface area contributed by atoms with Crippen LogP contribution in [-0.4, -0.2) is 30.7 Å². The zero-order valence-corrected chi connectivity index (χ0v) is 32.1. The second-order valence-electron chi connectivity index (χ2n) is 11.5. The molecule has 6 rings (SSSR count). The second-order valence-corrected chi connectivity index (χ2v) is 12.7. The molecule has 0 aliphatic rings. The molecule has 308 valence electrons. The van der Waals surface area contributed by atoms with Crippen LogP contribution in [0.25, 0.3) is 22.3 Å². The van der Waals surface area contributed by atoms with Gasteiger partial charge in [0.1, 0.15) is 23.3 Å². The summed E-state index contributed by atoms with van der Waals surface area (Å²) in [5.41, 5.74) is 3.70. The molecule has 2 aromatic heterocycles. The summed E-state index contributed by atoms with van der Waals surface area (Å²) in [6.07, 6.45) is -7.63. The second kappa shape index (κ2) is 19.0. The minimum absolute atomic E-state index is 0. The Labute approximate surface area is 342 Å². The number of nitrogens with zero attached hydrogens (tertiary/aromatic N) is 4. The Morgan fingerprint density at radius 1 is 0.655 bits per heavy atom. The van der Waals surface area contributed by atoms with Crippen molar-refractivity contribution in [1.82, 2.24) is 19.6 Å². The number of nitrogens with one attached hydrogen (secondary N) is 1. The molecule has 0 aliphatic carbocycles. The van der Waals surface area contributed by atoms with Crippen LogP contribution in [0.1, 0.15) is 32.1 Å². The van der Waals surface area contributed by atoms with Gasteiger partial charge in [-0.25, -0.2) is 17.6 Å². The fourth-order valence-electron chi connectivity index (χ4n) is 4.87. The van der Waals surface area contributed by atoms with Crippen molar-refractivity contribution < 1.29 is 65.9 Å². The molecule has 0 saturated heterocycles. The van der Waals surface area contributed by atoms with E-state index in [9.17, 15) is 53.5 Å². The minimum Gasteiger partial charge on any atom is -1.00 e. The van der Waals surface area contributed by atoms with Gasteiger partial charge in [-0.2, -0.15) is 36.5 Å². The molecule has 22 heteroatoms. The smallest absolute Gasteiger partial charge is 0.435 e. The predicted molar refractivity (Wildman–Crippen MR) is 193 cm³/mol. The Balaban J connectivity index is 0.000000254. The minimum atomic E-state index is -4.83. The number of nitrogen functional groups attached to an aromatic ring is 1. The zero-order valence-electron chi connectivity index (χ0n) is 29.1. The number of aryl methyl sites for hydroxylation is 2. The summed E-state index contributed by atoms with van der Waals surface area (Å²) >= 11 is 16.3. The molecule has 58 heavy (non-hydrogen) atoms. The van der Waals surface area contributed by atoms with E-state index in [2.05, 4.69) is 15.5 Å². The number of aromatic nitrogens is 4. The van der Waals surface area contributed by atoms with Crippen molar-refractivity contribution in [3.05, 3.63) is 141 Å². The molecule has 0 aliphatic heterocycles. The fourth-order valence-corrected chi connectivity index (χ4v) is 5.36. The quantitative estimate of drug-likeness (QED) is 0.104. The lowest BCUT2D eigenvalue weighted by atomic mass is 10.0. The van der Waals surface area contributed by atoms with E-state index < -0.39 is 69.3 Å². The Bertz CT molecular complexity index is 2450. The normalized spacial score (nSPS) is 11.1. The largest absolute Gasteiger partial charge is 1.00 e. The molecule has 3 N–H and O–H groups in total. The maximum atomic E-state index is 13.7. The summed E-state index contributed by atoms with van der Waals surface area (Å²) < 4.78 is 131. The number of hydrogen-bond acceptors (Lipinski definition) is 5. The highest BCUT2D eigenvalue weighted by Gasteiger charge is 2.39. The van der Waals surface area contributed by atoms with E-state index in [1.165, 1.54) is 68.7 Å². The SMILES string of the molecule is Cn1cc(C(=O)Cl)c(C(F)(F)F)n1.Cn1cc(C(=O)Nc2ccc(F)cc2-c2ccc(F)c(Cl)c2)c(C(F)(F)F)n1.Nc1ccc(F)cc1-c1ccc(F)c(Cl)c1.[Cl-]. The van der Waals surface area contributed by atoms with Gasteiger partial charge < -0.3 is 23.5 Å². The van der Waals surface area contributed by atoms with Gasteiger partial charge in [0.25, 0.3) is 11.1 Å². The first-order valence-corrected chi connectivity index (χ1v) is 16.6. The van der Waals surface area contributed by atoms with Crippen LogP contribution >= 0.6 is 34.8 Å². The predicted octanol–water partition coefficient (Wildman–Crippen LogP) is 7.98. The summed E-state index contributed by atoms with van der Waals surface area (Å²) in [6, 6.07) is 15.0. The van der Waals surface area contributed by atoms with Crippen molar-refractivity contribution in [2.24, 2.45) is 14.1 Å². The number of anilines is 2. The molecule has 0 radical (unpaired) electrons. The van der Waals surface area contributed by atoms with Crippen LogP contribution in [0.5, 0.6) is 0 Å². The highest BCUT2D eigenvalue weighted by molar-refractivity contribution is 6.67. The number of halogens is 14. The van der Waals surface area contributed by atoms with Crippen molar-refractivity contribution in [2.75, 3.05) is 11.1 Å².